The second-order valence-corrected chi connectivity index (χ2v) is 9.78. The SMILES string of the molecule is CN(Cc1cccc(NC(=O)c2cccc(NC(=O)C(C)(C)C)c2)c1)C(=O)OC(C)(C)C. The second kappa shape index (κ2) is 9.85. The van der Waals surface area contributed by atoms with Crippen molar-refractivity contribution < 1.29 is 19.1 Å². The summed E-state index contributed by atoms with van der Waals surface area (Å²) in [5.74, 6) is -0.425. The topological polar surface area (TPSA) is 87.7 Å². The highest BCUT2D eigenvalue weighted by atomic mass is 16.6. The predicted octanol–water partition coefficient (Wildman–Crippen LogP) is 5.29. The van der Waals surface area contributed by atoms with Gasteiger partial charge in [-0.15, -0.1) is 0 Å². The summed E-state index contributed by atoms with van der Waals surface area (Å²) < 4.78 is 5.37. The predicted molar refractivity (Wildman–Crippen MR) is 127 cm³/mol. The molecule has 0 aliphatic heterocycles. The van der Waals surface area contributed by atoms with Crippen molar-refractivity contribution in [2.45, 2.75) is 53.7 Å². The average molecular weight is 440 g/mol. The monoisotopic (exact) mass is 439 g/mol. The molecule has 7 heteroatoms. The minimum atomic E-state index is -0.567. The van der Waals surface area contributed by atoms with E-state index < -0.39 is 17.1 Å². The van der Waals surface area contributed by atoms with Crippen LogP contribution in [0.3, 0.4) is 0 Å². The Hall–Kier alpha value is -3.35. The van der Waals surface area contributed by atoms with Crippen molar-refractivity contribution in [3.63, 3.8) is 0 Å². The highest BCUT2D eigenvalue weighted by Crippen LogP contribution is 2.20. The Kier molecular flexibility index (Phi) is 7.67. The molecule has 0 radical (unpaired) electrons. The number of nitrogens with one attached hydrogen (secondary N) is 2. The number of ether oxygens (including phenoxy) is 1. The fourth-order valence-electron chi connectivity index (χ4n) is 2.69. The van der Waals surface area contributed by atoms with Gasteiger partial charge in [0.1, 0.15) is 5.60 Å². The van der Waals surface area contributed by atoms with Crippen LogP contribution in [0.4, 0.5) is 16.2 Å². The van der Waals surface area contributed by atoms with Crippen molar-refractivity contribution in [2.75, 3.05) is 17.7 Å². The van der Waals surface area contributed by atoms with Gasteiger partial charge in [0.25, 0.3) is 5.91 Å². The summed E-state index contributed by atoms with van der Waals surface area (Å²) in [5, 5.41) is 5.69. The smallest absolute Gasteiger partial charge is 0.410 e. The van der Waals surface area contributed by atoms with Gasteiger partial charge in [0, 0.05) is 35.9 Å². The Morgan fingerprint density at radius 1 is 0.875 bits per heavy atom. The van der Waals surface area contributed by atoms with E-state index in [1.807, 2.05) is 59.7 Å². The lowest BCUT2D eigenvalue weighted by molar-refractivity contribution is -0.123. The number of rotatable bonds is 5. The molecule has 7 nitrogen and oxygen atoms in total. The van der Waals surface area contributed by atoms with E-state index in [2.05, 4.69) is 10.6 Å². The molecule has 32 heavy (non-hydrogen) atoms. The van der Waals surface area contributed by atoms with Crippen molar-refractivity contribution in [1.29, 1.82) is 0 Å². The van der Waals surface area contributed by atoms with Crippen LogP contribution in [0.25, 0.3) is 0 Å². The van der Waals surface area contributed by atoms with Gasteiger partial charge in [-0.05, 0) is 56.7 Å². The molecule has 0 spiro atoms. The Labute approximate surface area is 190 Å². The standard InChI is InChI=1S/C25H33N3O4/c1-24(2,3)22(30)27-20-13-9-11-18(15-20)21(29)26-19-12-8-10-17(14-19)16-28(7)23(31)32-25(4,5)6/h8-15H,16H2,1-7H3,(H,26,29)(H,27,30). The van der Waals surface area contributed by atoms with Crippen LogP contribution in [0.5, 0.6) is 0 Å². The zero-order valence-corrected chi connectivity index (χ0v) is 19.9. The van der Waals surface area contributed by atoms with E-state index in [0.29, 0.717) is 23.5 Å². The molecule has 0 aliphatic carbocycles. The Morgan fingerprint density at radius 2 is 1.47 bits per heavy atom. The highest BCUT2D eigenvalue weighted by Gasteiger charge is 2.22. The van der Waals surface area contributed by atoms with E-state index in [1.54, 1.807) is 37.4 Å². The van der Waals surface area contributed by atoms with E-state index in [9.17, 15) is 14.4 Å². The summed E-state index contributed by atoms with van der Waals surface area (Å²) in [6.07, 6.45) is -0.416. The number of nitrogens with zero attached hydrogens (tertiary/aromatic N) is 1. The van der Waals surface area contributed by atoms with Gasteiger partial charge >= 0.3 is 6.09 Å². The summed E-state index contributed by atoms with van der Waals surface area (Å²) >= 11 is 0. The van der Waals surface area contributed by atoms with Crippen molar-refractivity contribution >= 4 is 29.3 Å². The van der Waals surface area contributed by atoms with Crippen molar-refractivity contribution in [1.82, 2.24) is 4.90 Å². The van der Waals surface area contributed by atoms with E-state index >= 15 is 0 Å². The number of benzene rings is 2. The molecule has 0 heterocycles. The van der Waals surface area contributed by atoms with Crippen LogP contribution >= 0.6 is 0 Å². The zero-order chi connectivity index (χ0) is 24.1. The van der Waals surface area contributed by atoms with Crippen LogP contribution in [0.15, 0.2) is 48.5 Å². The van der Waals surface area contributed by atoms with Crippen LogP contribution < -0.4 is 10.6 Å². The Balaban J connectivity index is 2.06. The molecule has 2 rings (SSSR count). The van der Waals surface area contributed by atoms with Crippen LogP contribution in [0, 0.1) is 5.41 Å². The lowest BCUT2D eigenvalue weighted by Gasteiger charge is -2.24. The molecule has 0 aromatic heterocycles. The van der Waals surface area contributed by atoms with Crippen molar-refractivity contribution in [3.05, 3.63) is 59.7 Å². The number of hydrogen-bond acceptors (Lipinski definition) is 4. The molecule has 2 aromatic carbocycles. The summed E-state index contributed by atoms with van der Waals surface area (Å²) in [7, 11) is 1.66. The lowest BCUT2D eigenvalue weighted by atomic mass is 9.95. The maximum absolute atomic E-state index is 12.7. The maximum atomic E-state index is 12.7. The van der Waals surface area contributed by atoms with Crippen molar-refractivity contribution in [2.24, 2.45) is 5.41 Å². The molecule has 0 aliphatic rings. The number of anilines is 2. The van der Waals surface area contributed by atoms with Gasteiger partial charge in [0.15, 0.2) is 0 Å². The minimum absolute atomic E-state index is 0.128. The van der Waals surface area contributed by atoms with Gasteiger partial charge in [-0.2, -0.15) is 0 Å². The number of hydrogen-bond donors (Lipinski definition) is 2. The molecule has 0 saturated carbocycles. The first-order chi connectivity index (χ1) is 14.7. The van der Waals surface area contributed by atoms with Gasteiger partial charge in [-0.25, -0.2) is 4.79 Å². The normalized spacial score (nSPS) is 11.5. The van der Waals surface area contributed by atoms with Crippen LogP contribution in [0.2, 0.25) is 0 Å². The van der Waals surface area contributed by atoms with E-state index in [1.165, 1.54) is 4.90 Å². The third-order valence-electron chi connectivity index (χ3n) is 4.37. The molecule has 3 amide bonds. The molecule has 0 fully saturated rings. The molecule has 2 aromatic rings. The Bertz CT molecular complexity index is 987. The summed E-state index contributed by atoms with van der Waals surface area (Å²) in [6, 6.07) is 14.1. The highest BCUT2D eigenvalue weighted by molar-refractivity contribution is 6.05. The molecular formula is C25H33N3O4. The van der Waals surface area contributed by atoms with Crippen LogP contribution in [0.1, 0.15) is 57.5 Å². The molecule has 172 valence electrons. The first-order valence-electron chi connectivity index (χ1n) is 10.5. The second-order valence-electron chi connectivity index (χ2n) is 9.78. The molecule has 0 atom stereocenters. The quantitative estimate of drug-likeness (QED) is 0.663. The van der Waals surface area contributed by atoms with Crippen LogP contribution in [-0.2, 0) is 16.1 Å². The van der Waals surface area contributed by atoms with Gasteiger partial charge in [0.05, 0.1) is 0 Å². The van der Waals surface area contributed by atoms with Crippen molar-refractivity contribution in [3.8, 4) is 0 Å². The molecule has 0 saturated heterocycles. The molecule has 2 N–H and O–H groups in total. The fraction of sp³-hybridized carbons (Fsp3) is 0.400. The summed E-state index contributed by atoms with van der Waals surface area (Å²) in [6.45, 7) is 11.3. The zero-order valence-electron chi connectivity index (χ0n) is 19.9. The van der Waals surface area contributed by atoms with E-state index in [-0.39, 0.29) is 11.8 Å². The summed E-state index contributed by atoms with van der Waals surface area (Å²) in [4.78, 5) is 38.6. The van der Waals surface area contributed by atoms with E-state index in [4.69, 9.17) is 4.74 Å². The first kappa shape index (κ1) is 24.9. The molecule has 0 unspecified atom stereocenters. The van der Waals surface area contributed by atoms with Gasteiger partial charge in [0.2, 0.25) is 5.91 Å². The minimum Gasteiger partial charge on any atom is -0.444 e. The third-order valence-corrected chi connectivity index (χ3v) is 4.37. The lowest BCUT2D eigenvalue weighted by Crippen LogP contribution is -2.33. The van der Waals surface area contributed by atoms with Crippen LogP contribution in [-0.4, -0.2) is 35.5 Å². The summed E-state index contributed by atoms with van der Waals surface area (Å²) in [5.41, 5.74) is 1.34. The van der Waals surface area contributed by atoms with E-state index in [0.717, 1.165) is 5.56 Å². The maximum Gasteiger partial charge on any atom is 0.410 e. The number of carbonyl (C=O) groups is 3. The third kappa shape index (κ3) is 7.72. The van der Waals surface area contributed by atoms with Gasteiger partial charge < -0.3 is 20.3 Å². The fourth-order valence-corrected chi connectivity index (χ4v) is 2.69. The molecular weight excluding hydrogens is 406 g/mol. The number of carbonyl (C=O) groups excluding carboxylic acids is 3. The molecule has 0 bridgehead atoms. The largest absolute Gasteiger partial charge is 0.444 e. The Morgan fingerprint density at radius 3 is 2.06 bits per heavy atom. The van der Waals surface area contributed by atoms with Gasteiger partial charge in [-0.3, -0.25) is 9.59 Å². The van der Waals surface area contributed by atoms with Gasteiger partial charge in [-0.1, -0.05) is 39.0 Å². The first-order valence-corrected chi connectivity index (χ1v) is 10.5. The number of amides is 3. The average Bonchev–Trinajstić information content (AvgIpc) is 2.66.